The van der Waals surface area contributed by atoms with Gasteiger partial charge < -0.3 is 15.2 Å². The third-order valence-corrected chi connectivity index (χ3v) is 4.14. The van der Waals surface area contributed by atoms with Gasteiger partial charge in [-0.15, -0.1) is 5.10 Å². The molecule has 0 saturated carbocycles. The predicted octanol–water partition coefficient (Wildman–Crippen LogP) is 1.11. The summed E-state index contributed by atoms with van der Waals surface area (Å²) in [5.74, 6) is 1.19. The first-order valence-corrected chi connectivity index (χ1v) is 8.34. The van der Waals surface area contributed by atoms with E-state index in [0.29, 0.717) is 37.0 Å². The maximum absolute atomic E-state index is 12.8. The number of piperidine rings is 1. The molecule has 2 aromatic rings. The van der Waals surface area contributed by atoms with Crippen molar-refractivity contribution >= 4 is 5.91 Å². The molecule has 0 radical (unpaired) electrons. The second kappa shape index (κ2) is 7.08. The molecule has 1 atom stereocenters. The van der Waals surface area contributed by atoms with Gasteiger partial charge in [0.2, 0.25) is 5.89 Å². The van der Waals surface area contributed by atoms with Crippen LogP contribution in [0.15, 0.2) is 10.7 Å². The van der Waals surface area contributed by atoms with Gasteiger partial charge in [-0.1, -0.05) is 24.2 Å². The van der Waals surface area contributed by atoms with Gasteiger partial charge in [-0.05, 0) is 19.3 Å². The van der Waals surface area contributed by atoms with E-state index < -0.39 is 0 Å². The molecule has 3 rings (SSSR count). The van der Waals surface area contributed by atoms with Crippen LogP contribution in [0, 0.1) is 0 Å². The monoisotopic (exact) mass is 333 g/mol. The van der Waals surface area contributed by atoms with E-state index >= 15 is 0 Å². The number of nitrogens with zero attached hydrogens (tertiary/aromatic N) is 6. The molecule has 2 aromatic heterocycles. The Bertz CT molecular complexity index is 694. The Balaban J connectivity index is 1.81. The SMILES string of the molecule is CC(C)c1noc(C2CCCCN2C(=O)c2cn(CCN)nn2)n1. The zero-order valence-electron chi connectivity index (χ0n) is 14.1. The maximum Gasteiger partial charge on any atom is 0.276 e. The molecule has 0 aliphatic carbocycles. The zero-order chi connectivity index (χ0) is 17.1. The molecule has 1 aliphatic heterocycles. The summed E-state index contributed by atoms with van der Waals surface area (Å²) in [6.07, 6.45) is 4.41. The van der Waals surface area contributed by atoms with Gasteiger partial charge in [-0.25, -0.2) is 0 Å². The molecule has 0 aromatic carbocycles. The van der Waals surface area contributed by atoms with Crippen molar-refractivity contribution in [1.82, 2.24) is 30.0 Å². The topological polar surface area (TPSA) is 116 Å². The summed E-state index contributed by atoms with van der Waals surface area (Å²) in [4.78, 5) is 19.1. The fraction of sp³-hybridized carbons (Fsp3) is 0.667. The van der Waals surface area contributed by atoms with Gasteiger partial charge in [-0.2, -0.15) is 4.98 Å². The molecule has 0 spiro atoms. The average molecular weight is 333 g/mol. The van der Waals surface area contributed by atoms with Crippen LogP contribution in [0.5, 0.6) is 0 Å². The van der Waals surface area contributed by atoms with Crippen LogP contribution in [0.1, 0.15) is 67.3 Å². The lowest BCUT2D eigenvalue weighted by Crippen LogP contribution is -2.38. The molecule has 1 unspecified atom stereocenters. The molecule has 0 bridgehead atoms. The molecule has 9 nitrogen and oxygen atoms in total. The molecule has 24 heavy (non-hydrogen) atoms. The number of nitrogens with two attached hydrogens (primary N) is 1. The largest absolute Gasteiger partial charge is 0.337 e. The second-order valence-electron chi connectivity index (χ2n) is 6.31. The van der Waals surface area contributed by atoms with Gasteiger partial charge in [0.05, 0.1) is 12.7 Å². The van der Waals surface area contributed by atoms with E-state index in [9.17, 15) is 4.79 Å². The number of amides is 1. The molecular weight excluding hydrogens is 310 g/mol. The molecular formula is C15H23N7O2. The number of hydrogen-bond donors (Lipinski definition) is 1. The minimum absolute atomic E-state index is 0.160. The van der Waals surface area contributed by atoms with E-state index in [1.165, 1.54) is 0 Å². The van der Waals surface area contributed by atoms with E-state index in [0.717, 1.165) is 19.3 Å². The molecule has 130 valence electrons. The molecule has 3 heterocycles. The van der Waals surface area contributed by atoms with Crippen molar-refractivity contribution in [3.05, 3.63) is 23.6 Å². The molecule has 1 saturated heterocycles. The highest BCUT2D eigenvalue weighted by Gasteiger charge is 2.34. The molecule has 1 amide bonds. The van der Waals surface area contributed by atoms with E-state index in [-0.39, 0.29) is 17.9 Å². The van der Waals surface area contributed by atoms with Crippen molar-refractivity contribution in [3.63, 3.8) is 0 Å². The third-order valence-electron chi connectivity index (χ3n) is 4.14. The minimum Gasteiger partial charge on any atom is -0.337 e. The minimum atomic E-state index is -0.203. The highest BCUT2D eigenvalue weighted by atomic mass is 16.5. The van der Waals surface area contributed by atoms with Crippen LogP contribution >= 0.6 is 0 Å². The molecule has 1 fully saturated rings. The Labute approximate surface area is 140 Å². The van der Waals surface area contributed by atoms with Crippen LogP contribution in [0.3, 0.4) is 0 Å². The average Bonchev–Trinajstić information content (AvgIpc) is 3.24. The van der Waals surface area contributed by atoms with Crippen LogP contribution in [0.25, 0.3) is 0 Å². The Morgan fingerprint density at radius 1 is 1.46 bits per heavy atom. The fourth-order valence-corrected chi connectivity index (χ4v) is 2.83. The van der Waals surface area contributed by atoms with E-state index in [4.69, 9.17) is 10.3 Å². The van der Waals surface area contributed by atoms with Crippen molar-refractivity contribution in [3.8, 4) is 0 Å². The van der Waals surface area contributed by atoms with Crippen LogP contribution in [0.2, 0.25) is 0 Å². The maximum atomic E-state index is 12.8. The van der Waals surface area contributed by atoms with E-state index in [1.54, 1.807) is 15.8 Å². The van der Waals surface area contributed by atoms with Crippen molar-refractivity contribution < 1.29 is 9.32 Å². The lowest BCUT2D eigenvalue weighted by molar-refractivity contribution is 0.0555. The van der Waals surface area contributed by atoms with Crippen molar-refractivity contribution in [2.24, 2.45) is 5.73 Å². The summed E-state index contributed by atoms with van der Waals surface area (Å²) >= 11 is 0. The van der Waals surface area contributed by atoms with Crippen LogP contribution in [-0.4, -0.2) is 49.0 Å². The standard InChI is InChI=1S/C15H23N7O2/c1-10(2)13-17-14(24-19-13)12-5-3-4-7-22(12)15(23)11-9-21(8-6-16)20-18-11/h9-10,12H,3-8,16H2,1-2H3. The lowest BCUT2D eigenvalue weighted by Gasteiger charge is -2.32. The summed E-state index contributed by atoms with van der Waals surface area (Å²) in [7, 11) is 0. The van der Waals surface area contributed by atoms with Gasteiger partial charge >= 0.3 is 0 Å². The van der Waals surface area contributed by atoms with Crippen molar-refractivity contribution in [1.29, 1.82) is 0 Å². The quantitative estimate of drug-likeness (QED) is 0.871. The zero-order valence-corrected chi connectivity index (χ0v) is 14.1. The Morgan fingerprint density at radius 2 is 2.29 bits per heavy atom. The van der Waals surface area contributed by atoms with Gasteiger partial charge in [0, 0.05) is 19.0 Å². The highest BCUT2D eigenvalue weighted by molar-refractivity contribution is 5.92. The number of aromatic nitrogens is 5. The van der Waals surface area contributed by atoms with E-state index in [1.807, 2.05) is 13.8 Å². The predicted molar refractivity (Wildman–Crippen MR) is 85.1 cm³/mol. The number of likely N-dealkylation sites (tertiary alicyclic amines) is 1. The van der Waals surface area contributed by atoms with Gasteiger partial charge in [-0.3, -0.25) is 9.48 Å². The number of hydrogen-bond acceptors (Lipinski definition) is 7. The van der Waals surface area contributed by atoms with Crippen LogP contribution < -0.4 is 5.73 Å². The summed E-state index contributed by atoms with van der Waals surface area (Å²) in [5.41, 5.74) is 5.82. The molecule has 2 N–H and O–H groups in total. The highest BCUT2D eigenvalue weighted by Crippen LogP contribution is 2.31. The Kier molecular flexibility index (Phi) is 4.89. The van der Waals surface area contributed by atoms with Gasteiger partial charge in [0.1, 0.15) is 6.04 Å². The van der Waals surface area contributed by atoms with Crippen molar-refractivity contribution in [2.75, 3.05) is 13.1 Å². The second-order valence-corrected chi connectivity index (χ2v) is 6.31. The first kappa shape index (κ1) is 16.6. The summed E-state index contributed by atoms with van der Waals surface area (Å²) in [6, 6.07) is -0.203. The Morgan fingerprint density at radius 3 is 3.00 bits per heavy atom. The van der Waals surface area contributed by atoms with Crippen LogP contribution in [-0.2, 0) is 6.54 Å². The lowest BCUT2D eigenvalue weighted by atomic mass is 10.0. The fourth-order valence-electron chi connectivity index (χ4n) is 2.83. The van der Waals surface area contributed by atoms with Crippen LogP contribution in [0.4, 0.5) is 0 Å². The van der Waals surface area contributed by atoms with Gasteiger partial charge in [0.15, 0.2) is 11.5 Å². The number of carbonyl (C=O) groups excluding carboxylic acids is 1. The molecule has 9 heteroatoms. The molecule has 1 aliphatic rings. The first-order valence-electron chi connectivity index (χ1n) is 8.34. The summed E-state index contributed by atoms with van der Waals surface area (Å²) < 4.78 is 6.99. The smallest absolute Gasteiger partial charge is 0.276 e. The number of carbonyl (C=O) groups is 1. The first-order chi connectivity index (χ1) is 11.6. The van der Waals surface area contributed by atoms with Crippen molar-refractivity contribution in [2.45, 2.75) is 51.6 Å². The van der Waals surface area contributed by atoms with Gasteiger partial charge in [0.25, 0.3) is 5.91 Å². The Hall–Kier alpha value is -2.29. The summed E-state index contributed by atoms with van der Waals surface area (Å²) in [5, 5.41) is 11.9. The summed E-state index contributed by atoms with van der Waals surface area (Å²) in [6.45, 7) is 5.64. The normalized spacial score (nSPS) is 18.3. The third kappa shape index (κ3) is 3.30. The van der Waals surface area contributed by atoms with E-state index in [2.05, 4.69) is 20.5 Å². The number of rotatable bonds is 5.